The van der Waals surface area contributed by atoms with Gasteiger partial charge in [-0.15, -0.1) is 0 Å². The van der Waals surface area contributed by atoms with E-state index in [4.69, 9.17) is 4.99 Å². The van der Waals surface area contributed by atoms with Gasteiger partial charge in [-0.1, -0.05) is 43.2 Å². The quantitative estimate of drug-likeness (QED) is 0.684. The minimum absolute atomic E-state index is 0.0107. The molecule has 0 atom stereocenters. The van der Waals surface area contributed by atoms with Crippen LogP contribution in [0.2, 0.25) is 0 Å². The van der Waals surface area contributed by atoms with Gasteiger partial charge in [0.2, 0.25) is 0 Å². The number of benzene rings is 2. The van der Waals surface area contributed by atoms with Crippen LogP contribution in [0, 0.1) is 6.92 Å². The summed E-state index contributed by atoms with van der Waals surface area (Å²) in [4.78, 5) is 22.5. The summed E-state index contributed by atoms with van der Waals surface area (Å²) in [6.45, 7) is 8.18. The fourth-order valence-electron chi connectivity index (χ4n) is 4.17. The molecule has 2 aliphatic heterocycles. The van der Waals surface area contributed by atoms with E-state index in [9.17, 15) is 4.79 Å². The molecule has 4 nitrogen and oxygen atoms in total. The van der Waals surface area contributed by atoms with Gasteiger partial charge in [0.1, 0.15) is 0 Å². The molecule has 2 aliphatic rings. The van der Waals surface area contributed by atoms with E-state index in [1.54, 1.807) is 11.8 Å². The third-order valence-corrected chi connectivity index (χ3v) is 7.03. The van der Waals surface area contributed by atoms with Crippen LogP contribution in [0.25, 0.3) is 0 Å². The lowest BCUT2D eigenvalue weighted by Crippen LogP contribution is -2.35. The molecule has 1 fully saturated rings. The second-order valence-electron chi connectivity index (χ2n) is 8.21. The number of carbonyl (C=O) groups is 1. The minimum Gasteiger partial charge on any atom is -0.351 e. The van der Waals surface area contributed by atoms with E-state index < -0.39 is 0 Å². The summed E-state index contributed by atoms with van der Waals surface area (Å²) in [5.41, 5.74) is 5.11. The Morgan fingerprint density at radius 2 is 1.83 bits per heavy atom. The summed E-state index contributed by atoms with van der Waals surface area (Å²) in [7, 11) is 0. The Bertz CT molecular complexity index is 945. The van der Waals surface area contributed by atoms with Crippen molar-refractivity contribution in [3.8, 4) is 0 Å². The van der Waals surface area contributed by atoms with Crippen LogP contribution >= 0.6 is 11.8 Å². The Labute approximate surface area is 184 Å². The lowest BCUT2D eigenvalue weighted by atomic mass is 10.0. The van der Waals surface area contributed by atoms with Gasteiger partial charge in [0.15, 0.2) is 0 Å². The third-order valence-electron chi connectivity index (χ3n) is 5.89. The number of carbonyl (C=O) groups excluding carboxylic acids is 1. The molecule has 0 aliphatic carbocycles. The number of fused-ring (bicyclic) bond motifs is 2. The molecular formula is C25H31N3OS. The van der Waals surface area contributed by atoms with Crippen molar-refractivity contribution in [2.75, 3.05) is 26.2 Å². The number of aliphatic imine (C=N–C) groups is 1. The average molecular weight is 422 g/mol. The molecule has 0 unspecified atom stereocenters. The second kappa shape index (κ2) is 9.80. The number of nitrogens with zero attached hydrogens (tertiary/aromatic N) is 2. The van der Waals surface area contributed by atoms with Crippen molar-refractivity contribution in [2.24, 2.45) is 4.99 Å². The first kappa shape index (κ1) is 21.1. The van der Waals surface area contributed by atoms with Crippen molar-refractivity contribution in [1.29, 1.82) is 0 Å². The molecule has 1 amide bonds. The number of nitrogens with one attached hydrogen (secondary N) is 1. The standard InChI is InChI=1S/C25H31N3OS/c1-3-21-20-16-18(2)8-10-23(20)30-24-11-9-19(17-22(24)27-21)25(29)26-12-15-28-13-6-4-5-7-14-28/h8-11,16-17H,3-7,12-15H2,1-2H3,(H,26,29). The average Bonchev–Trinajstić information content (AvgIpc) is 3.10. The SMILES string of the molecule is CCC1=Nc2cc(C(=O)NCCN3CCCCCC3)ccc2Sc2ccc(C)cc21. The van der Waals surface area contributed by atoms with E-state index in [2.05, 4.69) is 42.3 Å². The van der Waals surface area contributed by atoms with Gasteiger partial charge in [0.05, 0.1) is 5.69 Å². The van der Waals surface area contributed by atoms with Crippen LogP contribution in [0.15, 0.2) is 51.2 Å². The summed E-state index contributed by atoms with van der Waals surface area (Å²) < 4.78 is 0. The Kier molecular flexibility index (Phi) is 6.90. The smallest absolute Gasteiger partial charge is 0.251 e. The predicted octanol–water partition coefficient (Wildman–Crippen LogP) is 5.60. The molecule has 0 bridgehead atoms. The maximum atomic E-state index is 12.8. The first-order valence-corrected chi connectivity index (χ1v) is 12.0. The lowest BCUT2D eigenvalue weighted by Gasteiger charge is -2.19. The molecular weight excluding hydrogens is 390 g/mol. The van der Waals surface area contributed by atoms with Crippen LogP contribution in [0.5, 0.6) is 0 Å². The number of rotatable bonds is 5. The maximum Gasteiger partial charge on any atom is 0.251 e. The molecule has 5 heteroatoms. The summed E-state index contributed by atoms with van der Waals surface area (Å²) in [5, 5.41) is 3.10. The predicted molar refractivity (Wildman–Crippen MR) is 125 cm³/mol. The number of hydrogen-bond acceptors (Lipinski definition) is 4. The van der Waals surface area contributed by atoms with Gasteiger partial charge in [-0.3, -0.25) is 9.79 Å². The van der Waals surface area contributed by atoms with Crippen molar-refractivity contribution in [3.05, 3.63) is 53.1 Å². The minimum atomic E-state index is -0.0107. The molecule has 158 valence electrons. The molecule has 2 heterocycles. The van der Waals surface area contributed by atoms with Crippen molar-refractivity contribution in [1.82, 2.24) is 10.2 Å². The Hall–Kier alpha value is -2.11. The van der Waals surface area contributed by atoms with Crippen molar-refractivity contribution < 1.29 is 4.79 Å². The first-order valence-electron chi connectivity index (χ1n) is 11.1. The highest BCUT2D eigenvalue weighted by Crippen LogP contribution is 2.41. The highest BCUT2D eigenvalue weighted by molar-refractivity contribution is 7.99. The van der Waals surface area contributed by atoms with Gasteiger partial charge >= 0.3 is 0 Å². The molecule has 0 radical (unpaired) electrons. The van der Waals surface area contributed by atoms with Crippen LogP contribution in [0.4, 0.5) is 5.69 Å². The number of amides is 1. The van der Waals surface area contributed by atoms with Crippen LogP contribution in [-0.4, -0.2) is 42.7 Å². The monoisotopic (exact) mass is 421 g/mol. The van der Waals surface area contributed by atoms with E-state index in [-0.39, 0.29) is 5.91 Å². The van der Waals surface area contributed by atoms with Crippen LogP contribution in [0.3, 0.4) is 0 Å². The molecule has 1 N–H and O–H groups in total. The molecule has 2 aromatic rings. The van der Waals surface area contributed by atoms with Crippen LogP contribution < -0.4 is 5.32 Å². The van der Waals surface area contributed by atoms with Crippen LogP contribution in [-0.2, 0) is 0 Å². The lowest BCUT2D eigenvalue weighted by molar-refractivity contribution is 0.0948. The number of hydrogen-bond donors (Lipinski definition) is 1. The van der Waals surface area contributed by atoms with E-state index in [0.717, 1.165) is 42.3 Å². The highest BCUT2D eigenvalue weighted by atomic mass is 32.2. The fourth-order valence-corrected chi connectivity index (χ4v) is 5.18. The van der Waals surface area contributed by atoms with Gasteiger partial charge in [-0.25, -0.2) is 0 Å². The molecule has 30 heavy (non-hydrogen) atoms. The van der Waals surface area contributed by atoms with Crippen LogP contribution in [0.1, 0.15) is 60.5 Å². The molecule has 0 saturated carbocycles. The van der Waals surface area contributed by atoms with Gasteiger partial charge in [-0.05, 0) is 69.6 Å². The van der Waals surface area contributed by atoms with Gasteiger partial charge in [0, 0.05) is 39.7 Å². The van der Waals surface area contributed by atoms with Gasteiger partial charge < -0.3 is 10.2 Å². The number of likely N-dealkylation sites (tertiary alicyclic amines) is 1. The fraction of sp³-hybridized carbons (Fsp3) is 0.440. The normalized spacial score (nSPS) is 16.7. The zero-order chi connectivity index (χ0) is 20.9. The molecule has 2 aromatic carbocycles. The first-order chi connectivity index (χ1) is 14.6. The summed E-state index contributed by atoms with van der Waals surface area (Å²) in [6, 6.07) is 12.4. The molecule has 0 aromatic heterocycles. The topological polar surface area (TPSA) is 44.7 Å². The zero-order valence-corrected chi connectivity index (χ0v) is 18.9. The van der Waals surface area contributed by atoms with Crippen molar-refractivity contribution >= 4 is 29.1 Å². The largest absolute Gasteiger partial charge is 0.351 e. The Balaban J connectivity index is 1.47. The van der Waals surface area contributed by atoms with E-state index in [1.807, 2.05) is 18.2 Å². The highest BCUT2D eigenvalue weighted by Gasteiger charge is 2.18. The Morgan fingerprint density at radius 1 is 1.07 bits per heavy atom. The Morgan fingerprint density at radius 3 is 2.60 bits per heavy atom. The van der Waals surface area contributed by atoms with Gasteiger partial charge in [-0.2, -0.15) is 0 Å². The zero-order valence-electron chi connectivity index (χ0n) is 18.0. The molecule has 1 saturated heterocycles. The van der Waals surface area contributed by atoms with E-state index in [1.165, 1.54) is 41.7 Å². The second-order valence-corrected chi connectivity index (χ2v) is 9.29. The van der Waals surface area contributed by atoms with E-state index >= 15 is 0 Å². The van der Waals surface area contributed by atoms with E-state index in [0.29, 0.717) is 12.1 Å². The number of aryl methyl sites for hydroxylation is 1. The summed E-state index contributed by atoms with van der Waals surface area (Å²) >= 11 is 1.74. The summed E-state index contributed by atoms with van der Waals surface area (Å²) in [5.74, 6) is -0.0107. The van der Waals surface area contributed by atoms with Gasteiger partial charge in [0.25, 0.3) is 5.91 Å². The maximum absolute atomic E-state index is 12.8. The summed E-state index contributed by atoms with van der Waals surface area (Å²) in [6.07, 6.45) is 6.08. The van der Waals surface area contributed by atoms with Crippen molar-refractivity contribution in [3.63, 3.8) is 0 Å². The van der Waals surface area contributed by atoms with Crippen molar-refractivity contribution in [2.45, 2.75) is 55.7 Å². The molecule has 0 spiro atoms. The molecule has 4 rings (SSSR count). The third kappa shape index (κ3) is 4.96.